The number of amides is 3. The molecule has 0 unspecified atom stereocenters. The molecule has 0 aromatic rings. The number of piperidine rings is 1. The molecule has 0 radical (unpaired) electrons. The number of nitrogens with one attached hydrogen (secondary N) is 1. The molecule has 24 heavy (non-hydrogen) atoms. The van der Waals surface area contributed by atoms with Crippen molar-refractivity contribution >= 4 is 17.7 Å². The summed E-state index contributed by atoms with van der Waals surface area (Å²) in [5.41, 5.74) is 2.69. The summed E-state index contributed by atoms with van der Waals surface area (Å²) in [5, 5.41) is 2.27. The summed E-state index contributed by atoms with van der Waals surface area (Å²) >= 11 is 0. The summed E-state index contributed by atoms with van der Waals surface area (Å²) < 4.78 is 0. The van der Waals surface area contributed by atoms with Gasteiger partial charge in [-0.1, -0.05) is 46.9 Å². The Morgan fingerprint density at radius 3 is 2.25 bits per heavy atom. The first kappa shape index (κ1) is 21.8. The molecule has 0 aliphatic carbocycles. The molecule has 2 rings (SSSR count). The van der Waals surface area contributed by atoms with Gasteiger partial charge >= 0.3 is 0 Å². The largest absolute Gasteiger partial charge is 0.331 e. The molecule has 0 aromatic carbocycles. The van der Waals surface area contributed by atoms with Crippen LogP contribution < -0.4 is 5.32 Å². The second kappa shape index (κ2) is 9.85. The quantitative estimate of drug-likeness (QED) is 0.634. The molecule has 3 amide bonds. The molecule has 2 aliphatic heterocycles. The second-order valence-electron chi connectivity index (χ2n) is 5.39. The van der Waals surface area contributed by atoms with Gasteiger partial charge in [0.05, 0.1) is 0 Å². The average molecular weight is 334 g/mol. The van der Waals surface area contributed by atoms with Gasteiger partial charge in [-0.2, -0.15) is 0 Å². The van der Waals surface area contributed by atoms with Crippen molar-refractivity contribution in [3.63, 3.8) is 0 Å². The van der Waals surface area contributed by atoms with Crippen LogP contribution in [0.25, 0.3) is 0 Å². The van der Waals surface area contributed by atoms with Crippen molar-refractivity contribution in [1.29, 1.82) is 0 Å². The minimum atomic E-state index is -0.339. The zero-order chi connectivity index (χ0) is 17.6. The average Bonchev–Trinajstić information content (AvgIpc) is 2.81. The third-order valence-electron chi connectivity index (χ3n) is 4.00. The summed E-state index contributed by atoms with van der Waals surface area (Å²) in [7, 11) is 0. The molecule has 2 aliphatic rings. The monoisotopic (exact) mass is 334 g/mol. The Morgan fingerprint density at radius 1 is 1.25 bits per heavy atom. The number of hydrogen-bond acceptors (Lipinski definition) is 3. The van der Waals surface area contributed by atoms with Gasteiger partial charge in [0, 0.05) is 31.0 Å². The number of allylic oxidation sites excluding steroid dienone is 2. The minimum Gasteiger partial charge on any atom is -0.331 e. The number of nitrogens with zero attached hydrogens (tertiary/aromatic N) is 1. The van der Waals surface area contributed by atoms with E-state index in [1.54, 1.807) is 17.9 Å². The maximum absolute atomic E-state index is 12.4. The van der Waals surface area contributed by atoms with Crippen molar-refractivity contribution in [3.8, 4) is 0 Å². The first-order valence-corrected chi connectivity index (χ1v) is 8.12. The van der Waals surface area contributed by atoms with Gasteiger partial charge < -0.3 is 4.90 Å². The van der Waals surface area contributed by atoms with Gasteiger partial charge in [0.15, 0.2) is 0 Å². The Bertz CT molecular complexity index is 557. The van der Waals surface area contributed by atoms with Gasteiger partial charge in [-0.05, 0) is 24.5 Å². The van der Waals surface area contributed by atoms with Crippen LogP contribution in [0.4, 0.5) is 0 Å². The third kappa shape index (κ3) is 4.91. The highest BCUT2D eigenvalue weighted by Gasteiger charge is 2.36. The maximum atomic E-state index is 12.4. The Hall–Kier alpha value is -2.17. The van der Waals surface area contributed by atoms with E-state index in [2.05, 4.69) is 11.9 Å². The Balaban J connectivity index is 0.00000170. The van der Waals surface area contributed by atoms with Gasteiger partial charge in [-0.15, -0.1) is 0 Å². The Morgan fingerprint density at radius 2 is 1.79 bits per heavy atom. The van der Waals surface area contributed by atoms with Crippen molar-refractivity contribution in [2.45, 2.75) is 60.4 Å². The number of carbonyl (C=O) groups is 3. The normalized spacial score (nSPS) is 18.8. The first-order chi connectivity index (χ1) is 11.0. The van der Waals surface area contributed by atoms with Crippen LogP contribution in [0.1, 0.15) is 54.4 Å². The number of hydrogen-bond donors (Lipinski definition) is 1. The van der Waals surface area contributed by atoms with E-state index in [0.29, 0.717) is 12.1 Å². The fourth-order valence-electron chi connectivity index (χ4n) is 2.68. The second-order valence-corrected chi connectivity index (χ2v) is 5.39. The van der Waals surface area contributed by atoms with Crippen LogP contribution >= 0.6 is 0 Å². The number of rotatable bonds is 4. The van der Waals surface area contributed by atoms with E-state index in [1.165, 1.54) is 0 Å². The van der Waals surface area contributed by atoms with E-state index in [4.69, 9.17) is 0 Å². The van der Waals surface area contributed by atoms with E-state index < -0.39 is 0 Å². The molecular formula is C19H30N2O3. The first-order valence-electron chi connectivity index (χ1n) is 8.12. The topological polar surface area (TPSA) is 66.5 Å². The molecule has 1 N–H and O–H groups in total. The van der Waals surface area contributed by atoms with E-state index >= 15 is 0 Å². The molecule has 134 valence electrons. The van der Waals surface area contributed by atoms with Crippen LogP contribution in [0, 0.1) is 0 Å². The van der Waals surface area contributed by atoms with Gasteiger partial charge in [-0.25, -0.2) is 0 Å². The Kier molecular flexibility index (Phi) is 8.96. The molecule has 5 heteroatoms. The lowest BCUT2D eigenvalue weighted by Gasteiger charge is -2.30. The molecule has 0 saturated carbocycles. The molecule has 0 aromatic heterocycles. The lowest BCUT2D eigenvalue weighted by Crippen LogP contribution is -2.49. The predicted octanol–water partition coefficient (Wildman–Crippen LogP) is 3.14. The Labute approximate surface area is 145 Å². The van der Waals surface area contributed by atoms with Gasteiger partial charge in [0.2, 0.25) is 17.7 Å². The van der Waals surface area contributed by atoms with Crippen LogP contribution in [-0.4, -0.2) is 35.2 Å². The van der Waals surface area contributed by atoms with Gasteiger partial charge in [-0.3, -0.25) is 19.7 Å². The summed E-state index contributed by atoms with van der Waals surface area (Å²) in [4.78, 5) is 36.9. The number of imide groups is 1. The van der Waals surface area contributed by atoms with Crippen molar-refractivity contribution < 1.29 is 14.4 Å². The zero-order valence-electron chi connectivity index (χ0n) is 14.4. The van der Waals surface area contributed by atoms with Crippen molar-refractivity contribution in [2.24, 2.45) is 0 Å². The van der Waals surface area contributed by atoms with Crippen molar-refractivity contribution in [2.75, 3.05) is 6.54 Å². The highest BCUT2D eigenvalue weighted by molar-refractivity contribution is 6.01. The molecule has 0 bridgehead atoms. The van der Waals surface area contributed by atoms with Gasteiger partial charge in [0.25, 0.3) is 0 Å². The summed E-state index contributed by atoms with van der Waals surface area (Å²) in [6.45, 7) is 12.0. The van der Waals surface area contributed by atoms with E-state index in [-0.39, 0.29) is 44.0 Å². The minimum absolute atomic E-state index is 0. The van der Waals surface area contributed by atoms with E-state index in [9.17, 15) is 14.4 Å². The molecule has 0 atom stereocenters. The van der Waals surface area contributed by atoms with Crippen LogP contribution in [0.5, 0.6) is 0 Å². The van der Waals surface area contributed by atoms with E-state index in [0.717, 1.165) is 17.6 Å². The summed E-state index contributed by atoms with van der Waals surface area (Å²) in [6, 6.07) is -0.339. The standard InChI is InChI=1S/C16H20N2O3.C2H6.CH4/c1-4-11(5-2)6-12-9-18(16(21)10(12)3)13-7-14(19)17-15(20)8-13;1-2;/h4,6,13H,1,5,7-9H2,2-3H3,(H,17,19,20);1-2H3;1H4/b11-6+;;. The summed E-state index contributed by atoms with van der Waals surface area (Å²) in [6.07, 6.45) is 4.97. The van der Waals surface area contributed by atoms with Crippen LogP contribution in [0.3, 0.4) is 0 Å². The van der Waals surface area contributed by atoms with Crippen LogP contribution in [-0.2, 0) is 14.4 Å². The fraction of sp³-hybridized carbons (Fsp3) is 0.526. The maximum Gasteiger partial charge on any atom is 0.250 e. The molecule has 1 fully saturated rings. The fourth-order valence-corrected chi connectivity index (χ4v) is 2.68. The molecule has 5 nitrogen and oxygen atoms in total. The lowest BCUT2D eigenvalue weighted by molar-refractivity contribution is -0.137. The van der Waals surface area contributed by atoms with Gasteiger partial charge in [0.1, 0.15) is 0 Å². The smallest absolute Gasteiger partial charge is 0.250 e. The number of carbonyl (C=O) groups excluding carboxylic acids is 3. The third-order valence-corrected chi connectivity index (χ3v) is 4.00. The van der Waals surface area contributed by atoms with E-state index in [1.807, 2.05) is 26.8 Å². The summed E-state index contributed by atoms with van der Waals surface area (Å²) in [5.74, 6) is -0.717. The molecule has 1 saturated heterocycles. The van der Waals surface area contributed by atoms with Crippen LogP contribution in [0.15, 0.2) is 35.5 Å². The highest BCUT2D eigenvalue weighted by Crippen LogP contribution is 2.26. The van der Waals surface area contributed by atoms with Crippen molar-refractivity contribution in [3.05, 3.63) is 35.5 Å². The molecular weight excluding hydrogens is 304 g/mol. The molecule has 2 heterocycles. The molecule has 0 spiro atoms. The van der Waals surface area contributed by atoms with Crippen molar-refractivity contribution in [1.82, 2.24) is 10.2 Å². The lowest BCUT2D eigenvalue weighted by atomic mass is 10.0. The highest BCUT2D eigenvalue weighted by atomic mass is 16.2. The van der Waals surface area contributed by atoms with Crippen LogP contribution in [0.2, 0.25) is 0 Å². The predicted molar refractivity (Wildman–Crippen MR) is 97.2 cm³/mol. The zero-order valence-corrected chi connectivity index (χ0v) is 14.4. The SMILES string of the molecule is C.C=C/C(=C\C1=C(C)C(=O)N(C2CC(=O)NC(=O)C2)C1)CC.CC.